The first-order chi connectivity index (χ1) is 12.2. The van der Waals surface area contributed by atoms with Crippen LogP contribution in [0.5, 0.6) is 0 Å². The van der Waals surface area contributed by atoms with Gasteiger partial charge in [0.25, 0.3) is 0 Å². The Morgan fingerprint density at radius 3 is 2.24 bits per heavy atom. The van der Waals surface area contributed by atoms with Gasteiger partial charge in [0.1, 0.15) is 6.33 Å². The molecule has 0 bridgehead atoms. The first-order valence-corrected chi connectivity index (χ1v) is 8.04. The van der Waals surface area contributed by atoms with Crippen LogP contribution in [0.4, 0.5) is 5.69 Å². The van der Waals surface area contributed by atoms with Crippen LogP contribution in [0.3, 0.4) is 0 Å². The van der Waals surface area contributed by atoms with Crippen molar-refractivity contribution in [2.24, 2.45) is 0 Å². The molecule has 1 aromatic heterocycles. The third kappa shape index (κ3) is 4.88. The number of rotatable bonds is 7. The summed E-state index contributed by atoms with van der Waals surface area (Å²) in [6.45, 7) is 1.37. The molecule has 2 aromatic carbocycles. The minimum atomic E-state index is -0.824. The van der Waals surface area contributed by atoms with Crippen LogP contribution in [0.1, 0.15) is 16.7 Å². The summed E-state index contributed by atoms with van der Waals surface area (Å²) < 4.78 is 0. The molecular weight excluding hydrogens is 314 g/mol. The predicted molar refractivity (Wildman–Crippen MR) is 96.1 cm³/mol. The Bertz CT molecular complexity index is 823. The Labute approximate surface area is 146 Å². The van der Waals surface area contributed by atoms with Crippen molar-refractivity contribution in [1.29, 1.82) is 0 Å². The van der Waals surface area contributed by atoms with Gasteiger partial charge in [-0.2, -0.15) is 0 Å². The SMILES string of the molecule is O=C(O)Cc1cccc(CN(Cc2ccccc2)c2cncnc2)c1. The molecule has 0 atom stereocenters. The Hall–Kier alpha value is -3.21. The maximum Gasteiger partial charge on any atom is 0.307 e. The number of carbonyl (C=O) groups is 1. The van der Waals surface area contributed by atoms with E-state index in [1.807, 2.05) is 42.5 Å². The third-order valence-electron chi connectivity index (χ3n) is 3.85. The summed E-state index contributed by atoms with van der Waals surface area (Å²) in [6.07, 6.45) is 5.12. The number of aliphatic carboxylic acids is 1. The van der Waals surface area contributed by atoms with Gasteiger partial charge in [0.2, 0.25) is 0 Å². The average molecular weight is 333 g/mol. The second-order valence-electron chi connectivity index (χ2n) is 5.83. The van der Waals surface area contributed by atoms with Gasteiger partial charge < -0.3 is 10.0 Å². The van der Waals surface area contributed by atoms with Crippen LogP contribution < -0.4 is 4.90 Å². The highest BCUT2D eigenvalue weighted by molar-refractivity contribution is 5.70. The minimum absolute atomic E-state index is 0.0287. The van der Waals surface area contributed by atoms with Crippen molar-refractivity contribution in [3.8, 4) is 0 Å². The molecule has 3 rings (SSSR count). The largest absolute Gasteiger partial charge is 0.481 e. The molecule has 25 heavy (non-hydrogen) atoms. The summed E-state index contributed by atoms with van der Waals surface area (Å²) in [5, 5.41) is 8.99. The third-order valence-corrected chi connectivity index (χ3v) is 3.85. The minimum Gasteiger partial charge on any atom is -0.481 e. The van der Waals surface area contributed by atoms with Gasteiger partial charge in [0.15, 0.2) is 0 Å². The summed E-state index contributed by atoms with van der Waals surface area (Å²) >= 11 is 0. The fraction of sp³-hybridized carbons (Fsp3) is 0.150. The van der Waals surface area contributed by atoms with E-state index in [9.17, 15) is 4.79 Å². The van der Waals surface area contributed by atoms with Gasteiger partial charge in [-0.25, -0.2) is 9.97 Å². The molecular formula is C20H19N3O2. The standard InChI is InChI=1S/C20H19N3O2/c24-20(25)10-17-7-4-8-18(9-17)14-23(19-11-21-15-22-12-19)13-16-5-2-1-3-6-16/h1-9,11-12,15H,10,13-14H2,(H,24,25). The number of benzene rings is 2. The maximum absolute atomic E-state index is 10.9. The Kier molecular flexibility index (Phi) is 5.36. The predicted octanol–water partition coefficient (Wildman–Crippen LogP) is 3.31. The van der Waals surface area contributed by atoms with E-state index in [2.05, 4.69) is 27.0 Å². The van der Waals surface area contributed by atoms with E-state index in [0.29, 0.717) is 6.54 Å². The van der Waals surface area contributed by atoms with Gasteiger partial charge >= 0.3 is 5.97 Å². The van der Waals surface area contributed by atoms with Crippen molar-refractivity contribution in [3.63, 3.8) is 0 Å². The van der Waals surface area contributed by atoms with E-state index in [4.69, 9.17) is 5.11 Å². The van der Waals surface area contributed by atoms with Crippen molar-refractivity contribution < 1.29 is 9.90 Å². The van der Waals surface area contributed by atoms with Crippen molar-refractivity contribution in [3.05, 3.63) is 90.0 Å². The van der Waals surface area contributed by atoms with Crippen LogP contribution in [-0.2, 0) is 24.3 Å². The molecule has 0 aliphatic carbocycles. The van der Waals surface area contributed by atoms with E-state index in [-0.39, 0.29) is 6.42 Å². The first kappa shape index (κ1) is 16.6. The van der Waals surface area contributed by atoms with Crippen molar-refractivity contribution in [2.45, 2.75) is 19.5 Å². The zero-order chi connectivity index (χ0) is 17.5. The van der Waals surface area contributed by atoms with E-state index >= 15 is 0 Å². The van der Waals surface area contributed by atoms with Crippen LogP contribution in [-0.4, -0.2) is 21.0 Å². The normalized spacial score (nSPS) is 10.4. The Morgan fingerprint density at radius 2 is 1.52 bits per heavy atom. The second kappa shape index (κ2) is 8.06. The molecule has 0 radical (unpaired) electrons. The van der Waals surface area contributed by atoms with Crippen molar-refractivity contribution in [2.75, 3.05) is 4.90 Å². The molecule has 0 spiro atoms. The molecule has 3 aromatic rings. The van der Waals surface area contributed by atoms with Crippen molar-refractivity contribution in [1.82, 2.24) is 9.97 Å². The van der Waals surface area contributed by atoms with Gasteiger partial charge in [-0.1, -0.05) is 54.6 Å². The molecule has 5 heteroatoms. The van der Waals surface area contributed by atoms with E-state index < -0.39 is 5.97 Å². The molecule has 1 heterocycles. The van der Waals surface area contributed by atoms with E-state index in [1.165, 1.54) is 11.9 Å². The lowest BCUT2D eigenvalue weighted by molar-refractivity contribution is -0.136. The molecule has 0 unspecified atom stereocenters. The zero-order valence-electron chi connectivity index (χ0n) is 13.7. The topological polar surface area (TPSA) is 66.3 Å². The monoisotopic (exact) mass is 333 g/mol. The van der Waals surface area contributed by atoms with Crippen LogP contribution >= 0.6 is 0 Å². The highest BCUT2D eigenvalue weighted by Gasteiger charge is 2.10. The number of hydrogen-bond donors (Lipinski definition) is 1. The number of anilines is 1. The van der Waals surface area contributed by atoms with Crippen LogP contribution in [0, 0.1) is 0 Å². The fourth-order valence-electron chi connectivity index (χ4n) is 2.73. The average Bonchev–Trinajstić information content (AvgIpc) is 2.63. The van der Waals surface area contributed by atoms with Crippen LogP contribution in [0.15, 0.2) is 73.3 Å². The number of carboxylic acid groups (broad SMARTS) is 1. The summed E-state index contributed by atoms with van der Waals surface area (Å²) in [4.78, 5) is 21.3. The lowest BCUT2D eigenvalue weighted by Crippen LogP contribution is -2.22. The van der Waals surface area contributed by atoms with Gasteiger partial charge in [-0.15, -0.1) is 0 Å². The second-order valence-corrected chi connectivity index (χ2v) is 5.83. The van der Waals surface area contributed by atoms with Crippen molar-refractivity contribution >= 4 is 11.7 Å². The number of aromatic nitrogens is 2. The highest BCUT2D eigenvalue weighted by Crippen LogP contribution is 2.19. The maximum atomic E-state index is 10.9. The van der Waals surface area contributed by atoms with Gasteiger partial charge in [0, 0.05) is 13.1 Å². The molecule has 0 saturated heterocycles. The first-order valence-electron chi connectivity index (χ1n) is 8.04. The lowest BCUT2D eigenvalue weighted by Gasteiger charge is -2.24. The number of carboxylic acids is 1. The van der Waals surface area contributed by atoms with E-state index in [1.54, 1.807) is 12.4 Å². The molecule has 126 valence electrons. The van der Waals surface area contributed by atoms with Gasteiger partial charge in [-0.3, -0.25) is 4.79 Å². The molecule has 0 aliphatic heterocycles. The molecule has 0 amide bonds. The summed E-state index contributed by atoms with van der Waals surface area (Å²) in [7, 11) is 0. The summed E-state index contributed by atoms with van der Waals surface area (Å²) in [6, 6.07) is 17.9. The summed E-state index contributed by atoms with van der Waals surface area (Å²) in [5.41, 5.74) is 3.97. The smallest absolute Gasteiger partial charge is 0.307 e. The number of nitrogens with zero attached hydrogens (tertiary/aromatic N) is 3. The van der Waals surface area contributed by atoms with Gasteiger partial charge in [0.05, 0.1) is 24.5 Å². The number of hydrogen-bond acceptors (Lipinski definition) is 4. The lowest BCUT2D eigenvalue weighted by atomic mass is 10.1. The zero-order valence-corrected chi connectivity index (χ0v) is 13.7. The molecule has 0 saturated carbocycles. The molecule has 0 fully saturated rings. The Morgan fingerprint density at radius 1 is 0.880 bits per heavy atom. The molecule has 0 aliphatic rings. The fourth-order valence-corrected chi connectivity index (χ4v) is 2.73. The molecule has 1 N–H and O–H groups in total. The van der Waals surface area contributed by atoms with Gasteiger partial charge in [-0.05, 0) is 16.7 Å². The van der Waals surface area contributed by atoms with Crippen LogP contribution in [0.2, 0.25) is 0 Å². The van der Waals surface area contributed by atoms with Crippen LogP contribution in [0.25, 0.3) is 0 Å². The Balaban J connectivity index is 1.84. The molecule has 5 nitrogen and oxygen atoms in total. The highest BCUT2D eigenvalue weighted by atomic mass is 16.4. The summed E-state index contributed by atoms with van der Waals surface area (Å²) in [5.74, 6) is -0.824. The van der Waals surface area contributed by atoms with E-state index in [0.717, 1.165) is 23.4 Å². The quantitative estimate of drug-likeness (QED) is 0.718.